The van der Waals surface area contributed by atoms with E-state index in [9.17, 15) is 9.59 Å². The third-order valence-electron chi connectivity index (χ3n) is 2.90. The molecule has 0 radical (unpaired) electrons. The maximum Gasteiger partial charge on any atom is 0.171 e. The topological polar surface area (TPSA) is 34.1 Å². The van der Waals surface area contributed by atoms with Crippen molar-refractivity contribution < 1.29 is 9.59 Å². The Bertz CT molecular complexity index is 526. The van der Waals surface area contributed by atoms with E-state index in [2.05, 4.69) is 0 Å². The van der Waals surface area contributed by atoms with Gasteiger partial charge in [0.05, 0.1) is 26.5 Å². The van der Waals surface area contributed by atoms with Gasteiger partial charge in [-0.1, -0.05) is 60.3 Å². The monoisotopic (exact) mass is 340 g/mol. The molecule has 0 aliphatic heterocycles. The van der Waals surface area contributed by atoms with Gasteiger partial charge in [-0.05, 0) is 12.5 Å². The normalized spacial score (nSPS) is 12.3. The molecule has 2 nitrogen and oxygen atoms in total. The molecule has 1 aromatic rings. The van der Waals surface area contributed by atoms with Crippen LogP contribution in [0.1, 0.15) is 37.0 Å². The summed E-state index contributed by atoms with van der Waals surface area (Å²) in [4.78, 5) is 23.8. The molecule has 0 aliphatic carbocycles. The quantitative estimate of drug-likeness (QED) is 0.307. The summed E-state index contributed by atoms with van der Waals surface area (Å²) in [5.74, 6) is -0.706. The summed E-state index contributed by atoms with van der Waals surface area (Å²) in [6.45, 7) is 3.66. The van der Waals surface area contributed by atoms with Crippen molar-refractivity contribution in [2.45, 2.75) is 26.7 Å². The number of hydrogen-bond acceptors (Lipinski definition) is 2. The van der Waals surface area contributed by atoms with Gasteiger partial charge in [0.25, 0.3) is 0 Å². The Morgan fingerprint density at radius 1 is 1.11 bits per heavy atom. The molecule has 0 amide bonds. The minimum Gasteiger partial charge on any atom is -0.299 e. The van der Waals surface area contributed by atoms with E-state index in [1.807, 2.05) is 6.92 Å². The maximum absolute atomic E-state index is 12.0. The van der Waals surface area contributed by atoms with Crippen LogP contribution in [0.4, 0.5) is 0 Å². The van der Waals surface area contributed by atoms with Crippen LogP contribution in [0.15, 0.2) is 6.07 Å². The molecule has 6 heteroatoms. The number of carbonyl (C=O) groups is 2. The molecule has 1 atom stereocenters. The van der Waals surface area contributed by atoms with Gasteiger partial charge in [-0.2, -0.15) is 0 Å². The molecule has 0 N–H and O–H groups in total. The summed E-state index contributed by atoms with van der Waals surface area (Å²) in [6, 6.07) is 1.34. The van der Waals surface area contributed by atoms with Crippen LogP contribution in [0.3, 0.4) is 0 Å². The fraction of sp³-hybridized carbons (Fsp3) is 0.385. The standard InChI is InChI=1S/C13H12Cl4O2/c1-3-6(2)9(18)5-10(19)7-4-8(14)12(16)13(17)11(7)15/h4,6H,3,5H2,1-2H3. The van der Waals surface area contributed by atoms with Gasteiger partial charge in [0.1, 0.15) is 5.78 Å². The molecule has 0 heterocycles. The van der Waals surface area contributed by atoms with Gasteiger partial charge in [0.15, 0.2) is 5.78 Å². The summed E-state index contributed by atoms with van der Waals surface area (Å²) in [6.07, 6.45) is 0.463. The smallest absolute Gasteiger partial charge is 0.171 e. The third kappa shape index (κ3) is 3.85. The van der Waals surface area contributed by atoms with Crippen molar-refractivity contribution in [2.24, 2.45) is 5.92 Å². The van der Waals surface area contributed by atoms with Gasteiger partial charge < -0.3 is 0 Å². The lowest BCUT2D eigenvalue weighted by Gasteiger charge is -2.10. The lowest BCUT2D eigenvalue weighted by atomic mass is 9.97. The van der Waals surface area contributed by atoms with Crippen LogP contribution in [-0.4, -0.2) is 11.6 Å². The number of rotatable bonds is 5. The summed E-state index contributed by atoms with van der Waals surface area (Å²) in [5.41, 5.74) is 0.123. The second-order valence-corrected chi connectivity index (χ2v) is 5.76. The van der Waals surface area contributed by atoms with Gasteiger partial charge >= 0.3 is 0 Å². The molecule has 0 aromatic heterocycles. The van der Waals surface area contributed by atoms with Gasteiger partial charge in [-0.25, -0.2) is 0 Å². The Labute approximate surface area is 132 Å². The van der Waals surface area contributed by atoms with Crippen LogP contribution in [0.5, 0.6) is 0 Å². The highest BCUT2D eigenvalue weighted by atomic mass is 35.5. The van der Waals surface area contributed by atoms with E-state index in [0.717, 1.165) is 0 Å². The van der Waals surface area contributed by atoms with Crippen LogP contribution in [-0.2, 0) is 4.79 Å². The zero-order chi connectivity index (χ0) is 14.7. The van der Waals surface area contributed by atoms with Crippen LogP contribution >= 0.6 is 46.4 Å². The van der Waals surface area contributed by atoms with Crippen molar-refractivity contribution in [2.75, 3.05) is 0 Å². The zero-order valence-corrected chi connectivity index (χ0v) is 13.4. The second kappa shape index (κ2) is 6.94. The van der Waals surface area contributed by atoms with E-state index >= 15 is 0 Å². The minimum absolute atomic E-state index is 0.0233. The van der Waals surface area contributed by atoms with E-state index in [1.165, 1.54) is 6.07 Å². The fourth-order valence-electron chi connectivity index (χ4n) is 1.43. The van der Waals surface area contributed by atoms with Crippen molar-refractivity contribution in [1.82, 2.24) is 0 Å². The van der Waals surface area contributed by atoms with E-state index in [4.69, 9.17) is 46.4 Å². The number of ketones is 2. The Kier molecular flexibility index (Phi) is 6.13. The molecular formula is C13H12Cl4O2. The fourth-order valence-corrected chi connectivity index (χ4v) is 2.34. The van der Waals surface area contributed by atoms with Crippen LogP contribution < -0.4 is 0 Å². The van der Waals surface area contributed by atoms with E-state index in [0.29, 0.717) is 6.42 Å². The van der Waals surface area contributed by atoms with E-state index in [1.54, 1.807) is 6.92 Å². The second-order valence-electron chi connectivity index (χ2n) is 4.22. The zero-order valence-electron chi connectivity index (χ0n) is 10.4. The Hall–Kier alpha value is -0.280. The molecule has 1 rings (SSSR count). The van der Waals surface area contributed by atoms with E-state index < -0.39 is 5.78 Å². The largest absolute Gasteiger partial charge is 0.299 e. The molecule has 0 saturated carbocycles. The highest BCUT2D eigenvalue weighted by Crippen LogP contribution is 2.38. The lowest BCUT2D eigenvalue weighted by Crippen LogP contribution is -2.15. The molecule has 0 aliphatic rings. The first-order chi connectivity index (χ1) is 8.79. The third-order valence-corrected chi connectivity index (χ3v) is 4.65. The predicted molar refractivity (Wildman–Crippen MR) is 79.9 cm³/mol. The van der Waals surface area contributed by atoms with Crippen molar-refractivity contribution in [3.63, 3.8) is 0 Å². The number of Topliss-reactive ketones (excluding diaryl/α,β-unsaturated/α-hetero) is 2. The first kappa shape index (κ1) is 16.8. The molecule has 0 bridgehead atoms. The van der Waals surface area contributed by atoms with E-state index in [-0.39, 0.29) is 43.8 Å². The molecule has 1 aromatic carbocycles. The van der Waals surface area contributed by atoms with Crippen LogP contribution in [0.2, 0.25) is 20.1 Å². The molecule has 1 unspecified atom stereocenters. The SMILES string of the molecule is CCC(C)C(=O)CC(=O)c1cc(Cl)c(Cl)c(Cl)c1Cl. The summed E-state index contributed by atoms with van der Waals surface area (Å²) in [7, 11) is 0. The Balaban J connectivity index is 3.05. The Morgan fingerprint density at radius 3 is 2.21 bits per heavy atom. The predicted octanol–water partition coefficient (Wildman–Crippen LogP) is 5.49. The first-order valence-corrected chi connectivity index (χ1v) is 7.19. The molecule has 19 heavy (non-hydrogen) atoms. The highest BCUT2D eigenvalue weighted by molar-refractivity contribution is 6.52. The molecule has 0 fully saturated rings. The average Bonchev–Trinajstić information content (AvgIpc) is 2.39. The lowest BCUT2D eigenvalue weighted by molar-refractivity contribution is -0.121. The van der Waals surface area contributed by atoms with Gasteiger partial charge in [-0.3, -0.25) is 9.59 Å². The van der Waals surface area contributed by atoms with Crippen LogP contribution in [0.25, 0.3) is 0 Å². The average molecular weight is 342 g/mol. The van der Waals surface area contributed by atoms with Crippen molar-refractivity contribution in [3.8, 4) is 0 Å². The number of carbonyl (C=O) groups excluding carboxylic acids is 2. The molecule has 104 valence electrons. The van der Waals surface area contributed by atoms with Gasteiger partial charge in [-0.15, -0.1) is 0 Å². The summed E-state index contributed by atoms with van der Waals surface area (Å²) < 4.78 is 0. The molecular weight excluding hydrogens is 330 g/mol. The van der Waals surface area contributed by atoms with Gasteiger partial charge in [0.2, 0.25) is 0 Å². The highest BCUT2D eigenvalue weighted by Gasteiger charge is 2.22. The maximum atomic E-state index is 12.0. The minimum atomic E-state index is -0.407. The van der Waals surface area contributed by atoms with Crippen molar-refractivity contribution in [1.29, 1.82) is 0 Å². The summed E-state index contributed by atoms with van der Waals surface area (Å²) in [5, 5.41) is 0.279. The molecule has 0 spiro atoms. The summed E-state index contributed by atoms with van der Waals surface area (Å²) >= 11 is 23.5. The number of benzene rings is 1. The van der Waals surface area contributed by atoms with Crippen molar-refractivity contribution >= 4 is 58.0 Å². The van der Waals surface area contributed by atoms with Crippen LogP contribution in [0, 0.1) is 5.92 Å². The van der Waals surface area contributed by atoms with Gasteiger partial charge in [0, 0.05) is 11.5 Å². The first-order valence-electron chi connectivity index (χ1n) is 5.68. The Morgan fingerprint density at radius 2 is 1.68 bits per heavy atom. The van der Waals surface area contributed by atoms with Crippen molar-refractivity contribution in [3.05, 3.63) is 31.7 Å². The number of halogens is 4. The number of hydrogen-bond donors (Lipinski definition) is 0. The molecule has 0 saturated heterocycles.